The quantitative estimate of drug-likeness (QED) is 0.739. The van der Waals surface area contributed by atoms with Gasteiger partial charge in [-0.1, -0.05) is 6.07 Å². The summed E-state index contributed by atoms with van der Waals surface area (Å²) in [5.74, 6) is 0.857. The molecule has 0 spiro atoms. The van der Waals surface area contributed by atoms with Crippen LogP contribution in [0.1, 0.15) is 17.5 Å². The summed E-state index contributed by atoms with van der Waals surface area (Å²) in [7, 11) is 0. The zero-order valence-electron chi connectivity index (χ0n) is 8.07. The molecule has 0 atom stereocenters. The third kappa shape index (κ3) is 1.96. The zero-order valence-corrected chi connectivity index (χ0v) is 8.07. The predicted octanol–water partition coefficient (Wildman–Crippen LogP) is 2.06. The maximum atomic E-state index is 8.53. The summed E-state index contributed by atoms with van der Waals surface area (Å²) >= 11 is 0. The Morgan fingerprint density at radius 2 is 2.14 bits per heavy atom. The van der Waals surface area contributed by atoms with E-state index in [0.717, 1.165) is 12.2 Å². The molecule has 0 aromatic heterocycles. The second-order valence-corrected chi connectivity index (χ2v) is 3.46. The van der Waals surface area contributed by atoms with E-state index in [1.165, 1.54) is 30.2 Å². The number of hydrogen-bond donors (Lipinski definition) is 1. The van der Waals surface area contributed by atoms with Crippen LogP contribution in [0.4, 0.5) is 0 Å². The molecular formula is C12H14O2. The fraction of sp³-hybridized carbons (Fsp3) is 0.333. The number of fused-ring (bicyclic) bond motifs is 1. The monoisotopic (exact) mass is 190 g/mol. The normalized spacial score (nSPS) is 14.6. The summed E-state index contributed by atoms with van der Waals surface area (Å²) in [5.41, 5.74) is 2.85. The Hall–Kier alpha value is -1.28. The molecule has 1 aromatic carbocycles. The molecule has 14 heavy (non-hydrogen) atoms. The second kappa shape index (κ2) is 4.29. The van der Waals surface area contributed by atoms with Gasteiger partial charge in [0, 0.05) is 0 Å². The average molecular weight is 190 g/mol. The van der Waals surface area contributed by atoms with Crippen molar-refractivity contribution in [3.05, 3.63) is 41.7 Å². The molecule has 0 unspecified atom stereocenters. The highest BCUT2D eigenvalue weighted by molar-refractivity contribution is 5.38. The Morgan fingerprint density at radius 3 is 3.00 bits per heavy atom. The van der Waals surface area contributed by atoms with Gasteiger partial charge in [-0.25, -0.2) is 0 Å². The summed E-state index contributed by atoms with van der Waals surface area (Å²) < 4.78 is 5.33. The molecule has 1 N–H and O–H groups in total. The fourth-order valence-corrected chi connectivity index (χ4v) is 1.79. The molecule has 0 heterocycles. The van der Waals surface area contributed by atoms with Crippen LogP contribution in [0.25, 0.3) is 0 Å². The number of aliphatic hydroxyl groups is 1. The van der Waals surface area contributed by atoms with Gasteiger partial charge in [-0.05, 0) is 48.6 Å². The lowest BCUT2D eigenvalue weighted by Gasteiger charge is -2.03. The molecule has 2 nitrogen and oxygen atoms in total. The molecule has 1 aliphatic carbocycles. The van der Waals surface area contributed by atoms with Crippen LogP contribution >= 0.6 is 0 Å². The van der Waals surface area contributed by atoms with E-state index in [9.17, 15) is 0 Å². The first-order valence-corrected chi connectivity index (χ1v) is 4.94. The van der Waals surface area contributed by atoms with Crippen molar-refractivity contribution in [2.24, 2.45) is 0 Å². The number of aryl methyl sites for hydroxylation is 2. The van der Waals surface area contributed by atoms with Crippen LogP contribution < -0.4 is 4.74 Å². The zero-order chi connectivity index (χ0) is 9.80. The molecule has 0 amide bonds. The van der Waals surface area contributed by atoms with Crippen molar-refractivity contribution in [3.8, 4) is 5.75 Å². The summed E-state index contributed by atoms with van der Waals surface area (Å²) in [6.45, 7) is 0.0188. The van der Waals surface area contributed by atoms with Crippen molar-refractivity contribution in [2.75, 3.05) is 6.61 Å². The third-order valence-corrected chi connectivity index (χ3v) is 2.48. The standard InChI is InChI=1S/C12H14O2/c13-7-2-8-14-12-6-5-10-3-1-4-11(10)9-12/h2,5-6,8-9,13H,1,3-4,7H2/b8-2+. The summed E-state index contributed by atoms with van der Waals surface area (Å²) in [4.78, 5) is 0. The van der Waals surface area contributed by atoms with Gasteiger partial charge in [0.25, 0.3) is 0 Å². The van der Waals surface area contributed by atoms with E-state index in [2.05, 4.69) is 12.1 Å². The first kappa shape index (κ1) is 9.28. The Bertz CT molecular complexity index is 342. The van der Waals surface area contributed by atoms with E-state index in [1.54, 1.807) is 6.08 Å². The lowest BCUT2D eigenvalue weighted by Crippen LogP contribution is -1.87. The number of ether oxygens (including phenoxy) is 1. The topological polar surface area (TPSA) is 29.5 Å². The van der Waals surface area contributed by atoms with Gasteiger partial charge in [0.05, 0.1) is 12.9 Å². The molecular weight excluding hydrogens is 176 g/mol. The predicted molar refractivity (Wildman–Crippen MR) is 55.3 cm³/mol. The van der Waals surface area contributed by atoms with Gasteiger partial charge in [0.1, 0.15) is 5.75 Å². The summed E-state index contributed by atoms with van der Waals surface area (Å²) in [6, 6.07) is 6.19. The van der Waals surface area contributed by atoms with Crippen LogP contribution in [0, 0.1) is 0 Å². The van der Waals surface area contributed by atoms with E-state index in [1.807, 2.05) is 6.07 Å². The molecule has 0 radical (unpaired) electrons. The minimum atomic E-state index is 0.0188. The highest BCUT2D eigenvalue weighted by Crippen LogP contribution is 2.25. The van der Waals surface area contributed by atoms with Crippen LogP contribution in [-0.4, -0.2) is 11.7 Å². The number of rotatable bonds is 3. The highest BCUT2D eigenvalue weighted by Gasteiger charge is 2.10. The first-order chi connectivity index (χ1) is 6.90. The minimum Gasteiger partial charge on any atom is -0.465 e. The van der Waals surface area contributed by atoms with Gasteiger partial charge < -0.3 is 9.84 Å². The van der Waals surface area contributed by atoms with Crippen molar-refractivity contribution < 1.29 is 9.84 Å². The maximum Gasteiger partial charge on any atom is 0.126 e. The van der Waals surface area contributed by atoms with Crippen LogP contribution in [0.5, 0.6) is 5.75 Å². The summed E-state index contributed by atoms with van der Waals surface area (Å²) in [6.07, 6.45) is 6.72. The Kier molecular flexibility index (Phi) is 2.84. The van der Waals surface area contributed by atoms with Crippen LogP contribution in [0.2, 0.25) is 0 Å². The smallest absolute Gasteiger partial charge is 0.126 e. The molecule has 0 bridgehead atoms. The molecule has 0 fully saturated rings. The highest BCUT2D eigenvalue weighted by atomic mass is 16.5. The SMILES string of the molecule is OC/C=C/Oc1ccc2c(c1)CCC2. The molecule has 0 saturated carbocycles. The lowest BCUT2D eigenvalue weighted by atomic mass is 10.1. The van der Waals surface area contributed by atoms with Gasteiger partial charge in [-0.2, -0.15) is 0 Å². The fourth-order valence-electron chi connectivity index (χ4n) is 1.79. The second-order valence-electron chi connectivity index (χ2n) is 3.46. The third-order valence-electron chi connectivity index (χ3n) is 2.48. The molecule has 2 heteroatoms. The van der Waals surface area contributed by atoms with Crippen molar-refractivity contribution in [3.63, 3.8) is 0 Å². The van der Waals surface area contributed by atoms with Gasteiger partial charge in [-0.15, -0.1) is 0 Å². The Balaban J connectivity index is 2.09. The Morgan fingerprint density at radius 1 is 1.29 bits per heavy atom. The lowest BCUT2D eigenvalue weighted by molar-refractivity contribution is 0.338. The van der Waals surface area contributed by atoms with Crippen molar-refractivity contribution >= 4 is 0 Å². The van der Waals surface area contributed by atoms with Crippen LogP contribution in [0.3, 0.4) is 0 Å². The van der Waals surface area contributed by atoms with Crippen molar-refractivity contribution in [1.82, 2.24) is 0 Å². The van der Waals surface area contributed by atoms with Gasteiger partial charge in [0.2, 0.25) is 0 Å². The van der Waals surface area contributed by atoms with E-state index < -0.39 is 0 Å². The number of hydrogen-bond acceptors (Lipinski definition) is 2. The largest absolute Gasteiger partial charge is 0.465 e. The maximum absolute atomic E-state index is 8.53. The minimum absolute atomic E-state index is 0.0188. The number of benzene rings is 1. The molecule has 0 aliphatic heterocycles. The van der Waals surface area contributed by atoms with E-state index in [4.69, 9.17) is 9.84 Å². The van der Waals surface area contributed by atoms with Crippen LogP contribution in [-0.2, 0) is 12.8 Å². The van der Waals surface area contributed by atoms with Gasteiger partial charge >= 0.3 is 0 Å². The number of aliphatic hydroxyl groups excluding tert-OH is 1. The van der Waals surface area contributed by atoms with Gasteiger partial charge in [0.15, 0.2) is 0 Å². The molecule has 1 aliphatic rings. The van der Waals surface area contributed by atoms with E-state index in [0.29, 0.717) is 0 Å². The van der Waals surface area contributed by atoms with E-state index >= 15 is 0 Å². The molecule has 2 rings (SSSR count). The molecule has 74 valence electrons. The van der Waals surface area contributed by atoms with Crippen molar-refractivity contribution in [2.45, 2.75) is 19.3 Å². The summed E-state index contributed by atoms with van der Waals surface area (Å²) in [5, 5.41) is 8.53. The van der Waals surface area contributed by atoms with Gasteiger partial charge in [-0.3, -0.25) is 0 Å². The van der Waals surface area contributed by atoms with E-state index in [-0.39, 0.29) is 6.61 Å². The first-order valence-electron chi connectivity index (χ1n) is 4.94. The van der Waals surface area contributed by atoms with Crippen molar-refractivity contribution in [1.29, 1.82) is 0 Å². The Labute approximate surface area is 83.8 Å². The molecule has 0 saturated heterocycles. The van der Waals surface area contributed by atoms with Crippen LogP contribution in [0.15, 0.2) is 30.5 Å². The molecule has 1 aromatic rings. The average Bonchev–Trinajstić information content (AvgIpc) is 2.65.